The van der Waals surface area contributed by atoms with E-state index in [1.165, 1.54) is 9.47 Å². The molecule has 1 aromatic heterocycles. The molecule has 1 aliphatic rings. The molecule has 8 nitrogen and oxygen atoms in total. The third kappa shape index (κ3) is 4.07. The van der Waals surface area contributed by atoms with E-state index in [0.717, 1.165) is 12.1 Å². The highest BCUT2D eigenvalue weighted by atomic mass is 32.1. The number of carbonyl (C=O) groups excluding carboxylic acids is 1. The van der Waals surface area contributed by atoms with Crippen molar-refractivity contribution < 1.29 is 19.2 Å². The van der Waals surface area contributed by atoms with Gasteiger partial charge in [-0.2, -0.15) is 0 Å². The number of hydrogen-bond acceptors (Lipinski definition) is 5. The summed E-state index contributed by atoms with van der Waals surface area (Å²) in [6.07, 6.45) is 0. The first kappa shape index (κ1) is 20.1. The second-order valence-electron chi connectivity index (χ2n) is 7.48. The third-order valence-corrected chi connectivity index (χ3v) is 5.25. The number of nitrogens with zero attached hydrogens (tertiary/aromatic N) is 1. The molecule has 3 N–H and O–H groups in total. The van der Waals surface area contributed by atoms with Crippen LogP contribution in [0.4, 0.5) is 0 Å². The first-order valence-corrected chi connectivity index (χ1v) is 10.1. The molecule has 0 radical (unpaired) electrons. The molecule has 30 heavy (non-hydrogen) atoms. The minimum absolute atomic E-state index is 0.179. The van der Waals surface area contributed by atoms with Crippen LogP contribution in [0.3, 0.4) is 0 Å². The van der Waals surface area contributed by atoms with Gasteiger partial charge in [-0.05, 0) is 48.1 Å². The zero-order valence-electron chi connectivity index (χ0n) is 16.8. The number of amides is 1. The van der Waals surface area contributed by atoms with Gasteiger partial charge in [0.2, 0.25) is 6.79 Å². The molecule has 0 saturated carbocycles. The number of quaternary nitrogens is 1. The Bertz CT molecular complexity index is 1230. The molecule has 3 aromatic rings. The Kier molecular flexibility index (Phi) is 5.56. The van der Waals surface area contributed by atoms with Gasteiger partial charge in [-0.1, -0.05) is 6.07 Å². The third-order valence-electron chi connectivity index (χ3n) is 4.93. The van der Waals surface area contributed by atoms with Crippen LogP contribution >= 0.6 is 12.2 Å². The number of fused-ring (bicyclic) bond motifs is 2. The fourth-order valence-corrected chi connectivity index (χ4v) is 3.55. The Morgan fingerprint density at radius 2 is 2.00 bits per heavy atom. The standard InChI is InChI=1S/C21H22N4O4S/c1-24(2)8-7-22-19(26)14-4-5-15-16(10-14)23-21(30)25(20(15)27)11-13-3-6-17-18(9-13)29-12-28-17/h3-6,9-10H,7-8,11-12H2,1-2H3,(H,22,26)(H,23,30)/p+1. The van der Waals surface area contributed by atoms with Crippen LogP contribution in [-0.4, -0.2) is 49.4 Å². The van der Waals surface area contributed by atoms with Gasteiger partial charge in [0.15, 0.2) is 16.3 Å². The summed E-state index contributed by atoms with van der Waals surface area (Å²) in [5.74, 6) is 1.16. The number of ether oxygens (including phenoxy) is 2. The van der Waals surface area contributed by atoms with Crippen molar-refractivity contribution in [3.05, 3.63) is 62.6 Å². The van der Waals surface area contributed by atoms with E-state index in [1.807, 2.05) is 32.3 Å². The lowest BCUT2D eigenvalue weighted by atomic mass is 10.1. The Balaban J connectivity index is 1.61. The molecule has 4 rings (SSSR count). The molecule has 1 amide bonds. The van der Waals surface area contributed by atoms with Gasteiger partial charge in [0.1, 0.15) is 0 Å². The lowest BCUT2D eigenvalue weighted by molar-refractivity contribution is -0.856. The molecule has 9 heteroatoms. The van der Waals surface area contributed by atoms with Gasteiger partial charge in [-0.15, -0.1) is 0 Å². The molecule has 0 bridgehead atoms. The van der Waals surface area contributed by atoms with Gasteiger partial charge in [0, 0.05) is 5.56 Å². The molecule has 2 heterocycles. The van der Waals surface area contributed by atoms with E-state index in [9.17, 15) is 9.59 Å². The van der Waals surface area contributed by atoms with Crippen molar-refractivity contribution in [2.24, 2.45) is 0 Å². The van der Waals surface area contributed by atoms with Crippen molar-refractivity contribution in [2.45, 2.75) is 6.54 Å². The van der Waals surface area contributed by atoms with E-state index in [4.69, 9.17) is 21.7 Å². The second kappa shape index (κ2) is 8.29. The van der Waals surface area contributed by atoms with Crippen molar-refractivity contribution >= 4 is 29.0 Å². The van der Waals surface area contributed by atoms with Crippen LogP contribution in [0.25, 0.3) is 10.9 Å². The first-order valence-electron chi connectivity index (χ1n) is 9.65. The minimum Gasteiger partial charge on any atom is -0.454 e. The van der Waals surface area contributed by atoms with Crippen LogP contribution in [0, 0.1) is 4.77 Å². The molecule has 0 aliphatic carbocycles. The Morgan fingerprint density at radius 1 is 1.20 bits per heavy atom. The van der Waals surface area contributed by atoms with Crippen LogP contribution < -0.4 is 25.2 Å². The average molecular weight is 428 g/mol. The second-order valence-corrected chi connectivity index (χ2v) is 7.87. The zero-order valence-corrected chi connectivity index (χ0v) is 17.6. The van der Waals surface area contributed by atoms with Crippen LogP contribution in [0.5, 0.6) is 11.5 Å². The topological polar surface area (TPSA) is 89.8 Å². The maximum atomic E-state index is 13.0. The molecule has 0 saturated heterocycles. The lowest BCUT2D eigenvalue weighted by Crippen LogP contribution is -3.06. The number of H-pyrrole nitrogens is 1. The molecule has 2 aromatic carbocycles. The van der Waals surface area contributed by atoms with Crippen molar-refractivity contribution in [3.63, 3.8) is 0 Å². The predicted octanol–water partition coefficient (Wildman–Crippen LogP) is 0.710. The maximum absolute atomic E-state index is 13.0. The van der Waals surface area contributed by atoms with Crippen LogP contribution in [0.1, 0.15) is 15.9 Å². The first-order chi connectivity index (χ1) is 14.4. The smallest absolute Gasteiger partial charge is 0.262 e. The van der Waals surface area contributed by atoms with E-state index in [-0.39, 0.29) is 18.3 Å². The lowest BCUT2D eigenvalue weighted by Gasteiger charge is -2.11. The summed E-state index contributed by atoms with van der Waals surface area (Å²) in [6, 6.07) is 10.5. The molecule has 0 unspecified atom stereocenters. The highest BCUT2D eigenvalue weighted by Gasteiger charge is 2.15. The van der Waals surface area contributed by atoms with E-state index >= 15 is 0 Å². The predicted molar refractivity (Wildman–Crippen MR) is 115 cm³/mol. The molecular weight excluding hydrogens is 404 g/mol. The van der Waals surface area contributed by atoms with Gasteiger partial charge < -0.3 is 24.7 Å². The van der Waals surface area contributed by atoms with E-state index in [1.54, 1.807) is 18.2 Å². The van der Waals surface area contributed by atoms with Crippen LogP contribution in [0.15, 0.2) is 41.2 Å². The Morgan fingerprint density at radius 3 is 2.80 bits per heavy atom. The fraction of sp³-hybridized carbons (Fsp3) is 0.286. The van der Waals surface area contributed by atoms with Crippen molar-refractivity contribution in [2.75, 3.05) is 34.0 Å². The van der Waals surface area contributed by atoms with Crippen LogP contribution in [0.2, 0.25) is 0 Å². The van der Waals surface area contributed by atoms with E-state index in [2.05, 4.69) is 10.3 Å². The van der Waals surface area contributed by atoms with Gasteiger partial charge in [0.25, 0.3) is 11.5 Å². The number of benzene rings is 2. The van der Waals surface area contributed by atoms with E-state index in [0.29, 0.717) is 45.8 Å². The number of carbonyl (C=O) groups is 1. The Labute approximate surface area is 178 Å². The molecule has 0 fully saturated rings. The minimum atomic E-state index is -0.213. The maximum Gasteiger partial charge on any atom is 0.262 e. The quantitative estimate of drug-likeness (QED) is 0.504. The largest absolute Gasteiger partial charge is 0.454 e. The van der Waals surface area contributed by atoms with E-state index < -0.39 is 0 Å². The SMILES string of the molecule is C[NH+](C)CCNC(=O)c1ccc2c(=O)n(Cc3ccc4c(c3)OCO4)c(=S)[nH]c2c1. The monoisotopic (exact) mass is 427 g/mol. The van der Waals surface area contributed by atoms with Gasteiger partial charge in [0.05, 0.1) is 44.6 Å². The number of likely N-dealkylation sites (N-methyl/N-ethyl adjacent to an activating group) is 1. The zero-order chi connectivity index (χ0) is 21.3. The molecule has 0 atom stereocenters. The van der Waals surface area contributed by atoms with Gasteiger partial charge in [-0.25, -0.2) is 0 Å². The summed E-state index contributed by atoms with van der Waals surface area (Å²) >= 11 is 5.42. The summed E-state index contributed by atoms with van der Waals surface area (Å²) in [5, 5.41) is 3.35. The number of rotatable bonds is 6. The molecule has 156 valence electrons. The Hall–Kier alpha value is -3.17. The average Bonchev–Trinajstić information content (AvgIpc) is 3.18. The normalized spacial score (nSPS) is 12.5. The number of hydrogen-bond donors (Lipinski definition) is 3. The number of nitrogens with one attached hydrogen (secondary N) is 3. The summed E-state index contributed by atoms with van der Waals surface area (Å²) in [4.78, 5) is 29.7. The highest BCUT2D eigenvalue weighted by Crippen LogP contribution is 2.32. The van der Waals surface area contributed by atoms with Crippen molar-refractivity contribution in [1.82, 2.24) is 14.9 Å². The number of aromatic nitrogens is 2. The fourth-order valence-electron chi connectivity index (χ4n) is 3.29. The van der Waals surface area contributed by atoms with Gasteiger partial charge >= 0.3 is 0 Å². The molecule has 1 aliphatic heterocycles. The molecule has 0 spiro atoms. The van der Waals surface area contributed by atoms with Crippen LogP contribution in [-0.2, 0) is 6.54 Å². The summed E-state index contributed by atoms with van der Waals surface area (Å²) in [5.41, 5.74) is 1.68. The van der Waals surface area contributed by atoms with Crippen molar-refractivity contribution in [3.8, 4) is 11.5 Å². The summed E-state index contributed by atoms with van der Waals surface area (Å²) in [6.45, 7) is 1.90. The van der Waals surface area contributed by atoms with Crippen molar-refractivity contribution in [1.29, 1.82) is 0 Å². The van der Waals surface area contributed by atoms with Gasteiger partial charge in [-0.3, -0.25) is 14.2 Å². The summed E-state index contributed by atoms with van der Waals surface area (Å²) < 4.78 is 12.5. The summed E-state index contributed by atoms with van der Waals surface area (Å²) in [7, 11) is 4.05. The highest BCUT2D eigenvalue weighted by molar-refractivity contribution is 7.71. The number of aromatic amines is 1. The molecular formula is C21H23N4O4S+.